The number of nitro groups is 1. The van der Waals surface area contributed by atoms with Crippen molar-refractivity contribution in [2.24, 2.45) is 5.92 Å². The summed E-state index contributed by atoms with van der Waals surface area (Å²) >= 11 is 0. The van der Waals surface area contributed by atoms with Crippen LogP contribution in [0, 0.1) is 21.8 Å². The highest BCUT2D eigenvalue weighted by Crippen LogP contribution is 2.34. The summed E-state index contributed by atoms with van der Waals surface area (Å²) in [5.41, 5.74) is 0.510. The Kier molecular flexibility index (Phi) is 9.61. The Morgan fingerprint density at radius 3 is 2.43 bits per heavy atom. The van der Waals surface area contributed by atoms with Gasteiger partial charge in [-0.15, -0.1) is 24.8 Å². The molecule has 0 bridgehead atoms. The van der Waals surface area contributed by atoms with Crippen molar-refractivity contribution in [3.63, 3.8) is 0 Å². The molecule has 0 amide bonds. The molecule has 23 heavy (non-hydrogen) atoms. The van der Waals surface area contributed by atoms with Crippen LogP contribution >= 0.6 is 24.8 Å². The third kappa shape index (κ3) is 5.88. The largest absolute Gasteiger partial charge is 0.314 e. The number of nitrogens with zero attached hydrogens (tertiary/aromatic N) is 2. The van der Waals surface area contributed by atoms with Gasteiger partial charge in [-0.05, 0) is 24.5 Å². The first-order valence-corrected chi connectivity index (χ1v) is 7.37. The number of halogens is 3. The Hall–Kier alpha value is -0.950. The molecule has 0 aliphatic carbocycles. The van der Waals surface area contributed by atoms with Gasteiger partial charge in [0.25, 0.3) is 5.69 Å². The zero-order valence-corrected chi connectivity index (χ0v) is 15.0. The van der Waals surface area contributed by atoms with E-state index in [9.17, 15) is 14.5 Å². The van der Waals surface area contributed by atoms with Crippen LogP contribution in [-0.2, 0) is 0 Å². The fraction of sp³-hybridized carbons (Fsp3) is 0.600. The molecule has 0 saturated carbocycles. The van der Waals surface area contributed by atoms with Crippen LogP contribution in [0.1, 0.15) is 31.9 Å². The van der Waals surface area contributed by atoms with E-state index in [1.165, 1.54) is 6.07 Å². The molecule has 1 N–H and O–H groups in total. The van der Waals surface area contributed by atoms with Gasteiger partial charge in [0.2, 0.25) is 0 Å². The van der Waals surface area contributed by atoms with E-state index in [2.05, 4.69) is 24.1 Å². The number of piperazine rings is 1. The topological polar surface area (TPSA) is 58.4 Å². The second-order valence-electron chi connectivity index (χ2n) is 5.89. The second kappa shape index (κ2) is 10.0. The van der Waals surface area contributed by atoms with E-state index in [-0.39, 0.29) is 36.5 Å². The maximum Gasteiger partial charge on any atom is 0.277 e. The minimum Gasteiger partial charge on any atom is -0.314 e. The summed E-state index contributed by atoms with van der Waals surface area (Å²) < 4.78 is 13.3. The van der Waals surface area contributed by atoms with Crippen LogP contribution in [-0.4, -0.2) is 36.0 Å². The van der Waals surface area contributed by atoms with Gasteiger partial charge in [-0.3, -0.25) is 15.0 Å². The molecule has 1 saturated heterocycles. The molecule has 1 aliphatic heterocycles. The maximum absolute atomic E-state index is 13.3. The predicted molar refractivity (Wildman–Crippen MR) is 94.2 cm³/mol. The van der Waals surface area contributed by atoms with Crippen molar-refractivity contribution in [1.29, 1.82) is 0 Å². The standard InChI is InChI=1S/C15H22FN3O2.2ClH/c1-11(2)9-14(18-7-5-17-6-8-18)13-4-3-12(16)10-15(13)19(20)21;;/h3-4,10-11,14,17H,5-9H2,1-2H3;2*1H/t14-;;/m0../s1. The normalized spacial score (nSPS) is 16.3. The summed E-state index contributed by atoms with van der Waals surface area (Å²) in [7, 11) is 0. The predicted octanol–water partition coefficient (Wildman–Crippen LogP) is 3.57. The number of rotatable bonds is 5. The Bertz CT molecular complexity index is 511. The zero-order valence-electron chi connectivity index (χ0n) is 13.3. The Morgan fingerprint density at radius 1 is 1.30 bits per heavy atom. The van der Waals surface area contributed by atoms with Crippen LogP contribution in [0.4, 0.5) is 10.1 Å². The van der Waals surface area contributed by atoms with Gasteiger partial charge in [-0.2, -0.15) is 0 Å². The van der Waals surface area contributed by atoms with E-state index in [0.29, 0.717) is 11.5 Å². The molecule has 1 aromatic carbocycles. The van der Waals surface area contributed by atoms with Gasteiger partial charge in [-0.1, -0.05) is 13.8 Å². The number of hydrogen-bond acceptors (Lipinski definition) is 4. The lowest BCUT2D eigenvalue weighted by molar-refractivity contribution is -0.386. The lowest BCUT2D eigenvalue weighted by atomic mass is 9.93. The van der Waals surface area contributed by atoms with Crippen molar-refractivity contribution >= 4 is 30.5 Å². The summed E-state index contributed by atoms with van der Waals surface area (Å²) in [5, 5.41) is 14.5. The average Bonchev–Trinajstić information content (AvgIpc) is 2.45. The van der Waals surface area contributed by atoms with Crippen molar-refractivity contribution in [2.75, 3.05) is 26.2 Å². The molecule has 132 valence electrons. The van der Waals surface area contributed by atoms with Crippen LogP contribution in [0.3, 0.4) is 0 Å². The first kappa shape index (κ1) is 22.1. The molecule has 0 aromatic heterocycles. The summed E-state index contributed by atoms with van der Waals surface area (Å²) in [6.07, 6.45) is 0.826. The average molecular weight is 368 g/mol. The lowest BCUT2D eigenvalue weighted by Gasteiger charge is -2.35. The van der Waals surface area contributed by atoms with E-state index in [4.69, 9.17) is 0 Å². The molecule has 1 fully saturated rings. The molecule has 1 aromatic rings. The van der Waals surface area contributed by atoms with E-state index >= 15 is 0 Å². The van der Waals surface area contributed by atoms with Crippen molar-refractivity contribution < 1.29 is 9.31 Å². The van der Waals surface area contributed by atoms with Crippen molar-refractivity contribution in [3.8, 4) is 0 Å². The number of benzene rings is 1. The van der Waals surface area contributed by atoms with Gasteiger partial charge in [0.1, 0.15) is 5.82 Å². The quantitative estimate of drug-likeness (QED) is 0.638. The minimum atomic E-state index is -0.561. The highest BCUT2D eigenvalue weighted by atomic mass is 35.5. The molecular formula is C15H24Cl2FN3O2. The van der Waals surface area contributed by atoms with Crippen LogP contribution in [0.25, 0.3) is 0 Å². The van der Waals surface area contributed by atoms with Gasteiger partial charge in [0, 0.05) is 37.8 Å². The highest BCUT2D eigenvalue weighted by Gasteiger charge is 2.29. The number of nitrogens with one attached hydrogen (secondary N) is 1. The summed E-state index contributed by atoms with van der Waals surface area (Å²) in [6, 6.07) is 3.89. The Balaban J connectivity index is 0.00000242. The zero-order chi connectivity index (χ0) is 15.4. The Morgan fingerprint density at radius 2 is 1.91 bits per heavy atom. The molecule has 0 unspecified atom stereocenters. The van der Waals surface area contributed by atoms with Gasteiger partial charge >= 0.3 is 0 Å². The molecule has 0 spiro atoms. The van der Waals surface area contributed by atoms with E-state index in [1.54, 1.807) is 6.07 Å². The summed E-state index contributed by atoms with van der Waals surface area (Å²) in [4.78, 5) is 13.0. The van der Waals surface area contributed by atoms with E-state index in [1.807, 2.05) is 0 Å². The van der Waals surface area contributed by atoms with Crippen LogP contribution < -0.4 is 5.32 Å². The molecule has 0 radical (unpaired) electrons. The monoisotopic (exact) mass is 367 g/mol. The SMILES string of the molecule is CC(C)C[C@@H](c1ccc(F)cc1[N+](=O)[O-])N1CCNCC1.Cl.Cl. The number of nitro benzene ring substituents is 1. The third-order valence-electron chi connectivity index (χ3n) is 3.84. The molecule has 8 heteroatoms. The van der Waals surface area contributed by atoms with Crippen molar-refractivity contribution in [1.82, 2.24) is 10.2 Å². The molecule has 1 aliphatic rings. The van der Waals surface area contributed by atoms with Crippen LogP contribution in [0.2, 0.25) is 0 Å². The highest BCUT2D eigenvalue weighted by molar-refractivity contribution is 5.85. The lowest BCUT2D eigenvalue weighted by Crippen LogP contribution is -2.45. The summed E-state index contributed by atoms with van der Waals surface area (Å²) in [6.45, 7) is 7.67. The van der Waals surface area contributed by atoms with E-state index in [0.717, 1.165) is 38.7 Å². The molecule has 2 rings (SSSR count). The fourth-order valence-electron chi connectivity index (χ4n) is 2.87. The molecular weight excluding hydrogens is 344 g/mol. The van der Waals surface area contributed by atoms with E-state index < -0.39 is 10.7 Å². The Labute approximate surface area is 148 Å². The minimum absolute atomic E-state index is 0. The number of hydrogen-bond donors (Lipinski definition) is 1. The first-order valence-electron chi connectivity index (χ1n) is 7.37. The second-order valence-corrected chi connectivity index (χ2v) is 5.89. The molecule has 5 nitrogen and oxygen atoms in total. The molecule has 1 atom stereocenters. The van der Waals surface area contributed by atoms with Crippen molar-refractivity contribution in [3.05, 3.63) is 39.7 Å². The van der Waals surface area contributed by atoms with Crippen LogP contribution in [0.5, 0.6) is 0 Å². The van der Waals surface area contributed by atoms with Gasteiger partial charge < -0.3 is 5.32 Å². The first-order chi connectivity index (χ1) is 9.99. The molecule has 1 heterocycles. The van der Waals surface area contributed by atoms with Crippen molar-refractivity contribution in [2.45, 2.75) is 26.3 Å². The third-order valence-corrected chi connectivity index (χ3v) is 3.84. The summed E-state index contributed by atoms with van der Waals surface area (Å²) in [5.74, 6) is -0.149. The smallest absolute Gasteiger partial charge is 0.277 e. The van der Waals surface area contributed by atoms with Crippen LogP contribution in [0.15, 0.2) is 18.2 Å². The fourth-order valence-corrected chi connectivity index (χ4v) is 2.87. The van der Waals surface area contributed by atoms with Gasteiger partial charge in [0.05, 0.1) is 11.0 Å². The van der Waals surface area contributed by atoms with Gasteiger partial charge in [0.15, 0.2) is 0 Å². The maximum atomic E-state index is 13.3. The van der Waals surface area contributed by atoms with Gasteiger partial charge in [-0.25, -0.2) is 4.39 Å².